The third-order valence-corrected chi connectivity index (χ3v) is 6.27. The van der Waals surface area contributed by atoms with Crippen LogP contribution in [-0.2, 0) is 9.53 Å². The molecule has 5 rings (SSSR count). The number of piperidine rings is 1. The van der Waals surface area contributed by atoms with E-state index in [1.165, 1.54) is 0 Å². The SMILES string of the molecule is CN1CCC(C(=O)N2C[C@@H]3C[C@@H](c4nnc(C5CC5)o4)O[C@@H]3C2)CC1. The number of likely N-dealkylation sites (tertiary alicyclic amines) is 2. The molecule has 3 atom stereocenters. The van der Waals surface area contributed by atoms with Crippen LogP contribution in [-0.4, -0.2) is 65.2 Å². The van der Waals surface area contributed by atoms with Gasteiger partial charge in [-0.3, -0.25) is 4.79 Å². The Morgan fingerprint density at radius 1 is 1.08 bits per heavy atom. The largest absolute Gasteiger partial charge is 0.422 e. The average Bonchev–Trinajstić information content (AvgIpc) is 3.04. The first-order valence-electron chi connectivity index (χ1n) is 9.63. The lowest BCUT2D eigenvalue weighted by molar-refractivity contribution is -0.136. The van der Waals surface area contributed by atoms with Gasteiger partial charge in [-0.1, -0.05) is 0 Å². The molecule has 3 aliphatic heterocycles. The number of rotatable bonds is 3. The van der Waals surface area contributed by atoms with Gasteiger partial charge >= 0.3 is 0 Å². The van der Waals surface area contributed by atoms with Crippen LogP contribution >= 0.6 is 0 Å². The molecule has 0 bridgehead atoms. The van der Waals surface area contributed by atoms with E-state index in [0.717, 1.165) is 64.2 Å². The first kappa shape index (κ1) is 15.8. The maximum absolute atomic E-state index is 12.8. The number of aromatic nitrogens is 2. The summed E-state index contributed by atoms with van der Waals surface area (Å²) in [5.74, 6) is 2.81. The lowest BCUT2D eigenvalue weighted by Gasteiger charge is -2.31. The molecular weight excluding hydrogens is 320 g/mol. The Kier molecular flexibility index (Phi) is 3.82. The van der Waals surface area contributed by atoms with Gasteiger partial charge in [-0.25, -0.2) is 0 Å². The van der Waals surface area contributed by atoms with Crippen LogP contribution in [0.2, 0.25) is 0 Å². The summed E-state index contributed by atoms with van der Waals surface area (Å²) in [6.45, 7) is 3.58. The fourth-order valence-electron chi connectivity index (χ4n) is 4.49. The number of hydrogen-bond acceptors (Lipinski definition) is 6. The van der Waals surface area contributed by atoms with Gasteiger partial charge in [0.05, 0.1) is 6.10 Å². The van der Waals surface area contributed by atoms with E-state index in [2.05, 4.69) is 22.1 Å². The smallest absolute Gasteiger partial charge is 0.245 e. The molecule has 136 valence electrons. The molecule has 1 saturated carbocycles. The molecule has 25 heavy (non-hydrogen) atoms. The third kappa shape index (κ3) is 2.97. The fourth-order valence-corrected chi connectivity index (χ4v) is 4.49. The van der Waals surface area contributed by atoms with E-state index < -0.39 is 0 Å². The van der Waals surface area contributed by atoms with E-state index in [1.54, 1.807) is 0 Å². The Morgan fingerprint density at radius 2 is 1.84 bits per heavy atom. The molecule has 0 aromatic carbocycles. The van der Waals surface area contributed by atoms with Crippen LogP contribution < -0.4 is 0 Å². The van der Waals surface area contributed by atoms with Crippen molar-refractivity contribution in [3.63, 3.8) is 0 Å². The molecule has 1 aromatic heterocycles. The summed E-state index contributed by atoms with van der Waals surface area (Å²) in [7, 11) is 2.13. The van der Waals surface area contributed by atoms with Gasteiger partial charge in [0.25, 0.3) is 0 Å². The molecule has 4 aliphatic rings. The minimum atomic E-state index is -0.0874. The summed E-state index contributed by atoms with van der Waals surface area (Å²) in [5.41, 5.74) is 0. The normalized spacial score (nSPS) is 33.8. The van der Waals surface area contributed by atoms with Crippen molar-refractivity contribution < 1.29 is 13.9 Å². The van der Waals surface area contributed by atoms with Crippen molar-refractivity contribution in [2.45, 2.75) is 50.2 Å². The van der Waals surface area contributed by atoms with Crippen molar-refractivity contribution in [3.8, 4) is 0 Å². The first-order valence-corrected chi connectivity index (χ1v) is 9.63. The molecule has 0 radical (unpaired) electrons. The standard InChI is InChI=1S/C18H26N4O3/c1-21-6-4-12(5-7-21)18(23)22-9-13-8-14(24-15(13)10-22)17-20-19-16(25-17)11-2-3-11/h11-15H,2-10H2,1H3/t13-,14-,15+/m0/s1. The molecule has 0 spiro atoms. The predicted molar refractivity (Wildman–Crippen MR) is 88.8 cm³/mol. The Bertz CT molecular complexity index is 637. The highest BCUT2D eigenvalue weighted by molar-refractivity contribution is 5.79. The number of fused-ring (bicyclic) bond motifs is 1. The number of carbonyl (C=O) groups is 1. The summed E-state index contributed by atoms with van der Waals surface area (Å²) in [5, 5.41) is 8.36. The quantitative estimate of drug-likeness (QED) is 0.827. The maximum atomic E-state index is 12.8. The van der Waals surface area contributed by atoms with Crippen molar-refractivity contribution in [1.82, 2.24) is 20.0 Å². The summed E-state index contributed by atoms with van der Waals surface area (Å²) in [4.78, 5) is 17.1. The molecule has 4 heterocycles. The zero-order valence-corrected chi connectivity index (χ0v) is 14.8. The topological polar surface area (TPSA) is 71.7 Å². The molecule has 3 saturated heterocycles. The summed E-state index contributed by atoms with van der Waals surface area (Å²) in [6.07, 6.45) is 5.20. The van der Waals surface area contributed by atoms with Crippen molar-refractivity contribution in [1.29, 1.82) is 0 Å². The summed E-state index contributed by atoms with van der Waals surface area (Å²) in [6, 6.07) is 0. The molecule has 0 N–H and O–H groups in total. The highest BCUT2D eigenvalue weighted by Crippen LogP contribution is 2.43. The Balaban J connectivity index is 1.18. The predicted octanol–water partition coefficient (Wildman–Crippen LogP) is 1.58. The number of nitrogens with zero attached hydrogens (tertiary/aromatic N) is 4. The Labute approximate surface area is 147 Å². The maximum Gasteiger partial charge on any atom is 0.245 e. The molecule has 7 nitrogen and oxygen atoms in total. The second-order valence-electron chi connectivity index (χ2n) is 8.23. The van der Waals surface area contributed by atoms with Crippen LogP contribution in [0, 0.1) is 11.8 Å². The Morgan fingerprint density at radius 3 is 2.56 bits per heavy atom. The highest BCUT2D eigenvalue weighted by atomic mass is 16.5. The van der Waals surface area contributed by atoms with Crippen LogP contribution in [0.1, 0.15) is 55.9 Å². The van der Waals surface area contributed by atoms with Gasteiger partial charge in [-0.2, -0.15) is 0 Å². The van der Waals surface area contributed by atoms with Crippen molar-refractivity contribution in [2.75, 3.05) is 33.2 Å². The number of hydrogen-bond donors (Lipinski definition) is 0. The van der Waals surface area contributed by atoms with E-state index in [4.69, 9.17) is 9.15 Å². The number of ether oxygens (including phenoxy) is 1. The van der Waals surface area contributed by atoms with Crippen LogP contribution in [0.15, 0.2) is 4.42 Å². The van der Waals surface area contributed by atoms with E-state index in [0.29, 0.717) is 23.6 Å². The zero-order chi connectivity index (χ0) is 17.0. The molecule has 1 aromatic rings. The van der Waals surface area contributed by atoms with Crippen molar-refractivity contribution >= 4 is 5.91 Å². The summed E-state index contributed by atoms with van der Waals surface area (Å²) < 4.78 is 12.0. The molecule has 1 amide bonds. The van der Waals surface area contributed by atoms with Crippen LogP contribution in [0.25, 0.3) is 0 Å². The van der Waals surface area contributed by atoms with Gasteiger partial charge in [-0.15, -0.1) is 10.2 Å². The number of carbonyl (C=O) groups excluding carboxylic acids is 1. The van der Waals surface area contributed by atoms with Crippen LogP contribution in [0.5, 0.6) is 0 Å². The molecular formula is C18H26N4O3. The minimum absolute atomic E-state index is 0.0874. The average molecular weight is 346 g/mol. The number of amides is 1. The second kappa shape index (κ2) is 6.06. The van der Waals surface area contributed by atoms with Crippen molar-refractivity contribution in [3.05, 3.63) is 11.8 Å². The monoisotopic (exact) mass is 346 g/mol. The van der Waals surface area contributed by atoms with Gasteiger partial charge in [0.15, 0.2) is 0 Å². The van der Waals surface area contributed by atoms with Crippen molar-refractivity contribution in [2.24, 2.45) is 11.8 Å². The Hall–Kier alpha value is -1.47. The van der Waals surface area contributed by atoms with Gasteiger partial charge < -0.3 is 19.0 Å². The van der Waals surface area contributed by atoms with Crippen LogP contribution in [0.3, 0.4) is 0 Å². The van der Waals surface area contributed by atoms with E-state index in [1.807, 2.05) is 4.90 Å². The van der Waals surface area contributed by atoms with E-state index in [-0.39, 0.29) is 18.1 Å². The van der Waals surface area contributed by atoms with Gasteiger partial charge in [0.2, 0.25) is 17.7 Å². The third-order valence-electron chi connectivity index (χ3n) is 6.27. The van der Waals surface area contributed by atoms with Crippen LogP contribution in [0.4, 0.5) is 0 Å². The van der Waals surface area contributed by atoms with Gasteiger partial charge in [0, 0.05) is 30.8 Å². The first-order chi connectivity index (χ1) is 12.2. The summed E-state index contributed by atoms with van der Waals surface area (Å²) >= 11 is 0. The second-order valence-corrected chi connectivity index (χ2v) is 8.23. The lowest BCUT2D eigenvalue weighted by atomic mass is 9.95. The molecule has 0 unspecified atom stereocenters. The van der Waals surface area contributed by atoms with E-state index >= 15 is 0 Å². The fraction of sp³-hybridized carbons (Fsp3) is 0.833. The highest BCUT2D eigenvalue weighted by Gasteiger charge is 2.46. The zero-order valence-electron chi connectivity index (χ0n) is 14.8. The molecule has 1 aliphatic carbocycles. The minimum Gasteiger partial charge on any atom is -0.422 e. The molecule has 7 heteroatoms. The molecule has 4 fully saturated rings. The van der Waals surface area contributed by atoms with E-state index in [9.17, 15) is 4.79 Å². The van der Waals surface area contributed by atoms with Gasteiger partial charge in [0.1, 0.15) is 6.10 Å². The van der Waals surface area contributed by atoms with Gasteiger partial charge in [-0.05, 0) is 52.2 Å². The lowest BCUT2D eigenvalue weighted by Crippen LogP contribution is -2.41.